The fourth-order valence-electron chi connectivity index (χ4n) is 6.16. The number of nitrogens with two attached hydrogens (primary N) is 1. The highest BCUT2D eigenvalue weighted by Crippen LogP contribution is 2.43. The zero-order chi connectivity index (χ0) is 31.8. The van der Waals surface area contributed by atoms with E-state index in [-0.39, 0.29) is 48.0 Å². The predicted molar refractivity (Wildman–Crippen MR) is 171 cm³/mol. The standard InChI is InChI=1S/C22H19ClF3N5OS.C7H12FN.C2H6/c1-10-3-4-11(17-18(10)33-20(27)28-17)14-13(23)9-12-16(15(14)24)29-21(32-2)30-19(12)31-7-5-22(25,26)6-8-31;8-6-4-7-2-1-3-9(7)5-6;1-2/h3-4,9H,5-8H2,1-2H3,(H2,27,28);6-7H,1-5H2;1-2H3. The van der Waals surface area contributed by atoms with Crippen LogP contribution in [0.4, 0.5) is 28.5 Å². The van der Waals surface area contributed by atoms with E-state index in [0.29, 0.717) is 40.0 Å². The first-order valence-corrected chi connectivity index (χ1v) is 16.1. The molecule has 2 N–H and O–H groups in total. The Bertz CT molecular complexity index is 1630. The zero-order valence-corrected chi connectivity index (χ0v) is 26.8. The van der Waals surface area contributed by atoms with Crippen molar-refractivity contribution in [2.24, 2.45) is 0 Å². The van der Waals surface area contributed by atoms with Crippen LogP contribution >= 0.6 is 22.9 Å². The van der Waals surface area contributed by atoms with Crippen molar-refractivity contribution in [3.63, 3.8) is 0 Å². The number of piperidine rings is 1. The first-order chi connectivity index (χ1) is 21.0. The summed E-state index contributed by atoms with van der Waals surface area (Å²) in [6, 6.07) is 5.72. The Morgan fingerprint density at radius 1 is 1.09 bits per heavy atom. The second-order valence-electron chi connectivity index (χ2n) is 11.1. The molecular weight excluding hydrogens is 616 g/mol. The van der Waals surface area contributed by atoms with E-state index in [2.05, 4.69) is 19.9 Å². The van der Waals surface area contributed by atoms with Crippen molar-refractivity contribution >= 4 is 55.0 Å². The first kappa shape index (κ1) is 32.4. The van der Waals surface area contributed by atoms with Gasteiger partial charge in [0.05, 0.1) is 22.3 Å². The maximum absolute atomic E-state index is 16.0. The van der Waals surface area contributed by atoms with Gasteiger partial charge in [0.2, 0.25) is 0 Å². The molecule has 0 saturated carbocycles. The molecule has 0 spiro atoms. The smallest absolute Gasteiger partial charge is 0.318 e. The Kier molecular flexibility index (Phi) is 9.72. The van der Waals surface area contributed by atoms with E-state index in [9.17, 15) is 13.2 Å². The molecule has 7 rings (SSSR count). The molecule has 0 aliphatic carbocycles. The molecule has 2 unspecified atom stereocenters. The van der Waals surface area contributed by atoms with E-state index < -0.39 is 17.9 Å². The van der Waals surface area contributed by atoms with Gasteiger partial charge < -0.3 is 15.4 Å². The molecular formula is C31H37ClF4N6OS. The van der Waals surface area contributed by atoms with Crippen molar-refractivity contribution in [1.29, 1.82) is 0 Å². The van der Waals surface area contributed by atoms with Crippen LogP contribution in [-0.2, 0) is 0 Å². The molecule has 3 fully saturated rings. The molecule has 238 valence electrons. The van der Waals surface area contributed by atoms with E-state index in [1.54, 1.807) is 17.0 Å². The van der Waals surface area contributed by atoms with Crippen LogP contribution in [0, 0.1) is 12.7 Å². The van der Waals surface area contributed by atoms with Crippen molar-refractivity contribution in [3.05, 3.63) is 34.6 Å². The average molecular weight is 653 g/mol. The third-order valence-electron chi connectivity index (χ3n) is 8.31. The van der Waals surface area contributed by atoms with Crippen LogP contribution in [0.2, 0.25) is 5.02 Å². The summed E-state index contributed by atoms with van der Waals surface area (Å²) < 4.78 is 62.1. The van der Waals surface area contributed by atoms with Gasteiger partial charge in [0.25, 0.3) is 5.92 Å². The molecule has 3 aliphatic rings. The fraction of sp³-hybridized carbons (Fsp3) is 0.516. The number of anilines is 2. The summed E-state index contributed by atoms with van der Waals surface area (Å²) in [5, 5.41) is 0.827. The van der Waals surface area contributed by atoms with E-state index in [1.165, 1.54) is 31.3 Å². The molecule has 3 aliphatic heterocycles. The van der Waals surface area contributed by atoms with Crippen LogP contribution in [0.1, 0.15) is 51.5 Å². The Hall–Kier alpha value is -2.96. The van der Waals surface area contributed by atoms with Gasteiger partial charge in [-0.05, 0) is 44.4 Å². The Balaban J connectivity index is 0.000000294. The number of methoxy groups -OCH3 is 1. The molecule has 7 nitrogen and oxygen atoms in total. The van der Waals surface area contributed by atoms with E-state index in [1.807, 2.05) is 26.8 Å². The van der Waals surface area contributed by atoms with E-state index in [4.69, 9.17) is 22.1 Å². The highest BCUT2D eigenvalue weighted by atomic mass is 35.5. The quantitative estimate of drug-likeness (QED) is 0.224. The lowest BCUT2D eigenvalue weighted by atomic mass is 9.99. The number of ether oxygens (including phenoxy) is 1. The number of aryl methyl sites for hydroxylation is 1. The van der Waals surface area contributed by atoms with Crippen molar-refractivity contribution in [1.82, 2.24) is 19.9 Å². The predicted octanol–water partition coefficient (Wildman–Crippen LogP) is 8.05. The Labute approximate surface area is 263 Å². The number of alkyl halides is 3. The average Bonchev–Trinajstić information content (AvgIpc) is 3.70. The lowest BCUT2D eigenvalue weighted by Crippen LogP contribution is -2.40. The van der Waals surface area contributed by atoms with Gasteiger partial charge in [0.15, 0.2) is 10.9 Å². The van der Waals surface area contributed by atoms with Gasteiger partial charge in [-0.15, -0.1) is 0 Å². The summed E-state index contributed by atoms with van der Waals surface area (Å²) >= 11 is 7.92. The number of hydrogen-bond acceptors (Lipinski definition) is 8. The molecule has 13 heteroatoms. The fourth-order valence-corrected chi connectivity index (χ4v) is 7.28. The molecule has 5 heterocycles. The second-order valence-corrected chi connectivity index (χ2v) is 12.5. The minimum Gasteiger partial charge on any atom is -0.467 e. The van der Waals surface area contributed by atoms with Crippen LogP contribution in [-0.4, -0.2) is 71.3 Å². The van der Waals surface area contributed by atoms with Gasteiger partial charge in [-0.25, -0.2) is 22.5 Å². The van der Waals surface area contributed by atoms with Crippen molar-refractivity contribution in [2.75, 3.05) is 43.9 Å². The molecule has 4 aromatic rings. The number of benzene rings is 2. The normalized spacial score (nSPS) is 21.1. The minimum absolute atomic E-state index is 0.00879. The van der Waals surface area contributed by atoms with E-state index >= 15 is 4.39 Å². The number of rotatable bonds is 3. The number of aromatic nitrogens is 3. The number of nitrogens with zero attached hydrogens (tertiary/aromatic N) is 5. The number of hydrogen-bond donors (Lipinski definition) is 1. The summed E-state index contributed by atoms with van der Waals surface area (Å²) in [6.45, 7) is 7.92. The highest BCUT2D eigenvalue weighted by Gasteiger charge is 2.36. The van der Waals surface area contributed by atoms with Gasteiger partial charge in [-0.3, -0.25) is 4.90 Å². The van der Waals surface area contributed by atoms with Crippen LogP contribution in [0.3, 0.4) is 0 Å². The number of fused-ring (bicyclic) bond motifs is 3. The molecule has 0 amide bonds. The van der Waals surface area contributed by atoms with Crippen LogP contribution in [0.25, 0.3) is 32.2 Å². The van der Waals surface area contributed by atoms with Gasteiger partial charge in [-0.2, -0.15) is 9.97 Å². The van der Waals surface area contributed by atoms with Crippen molar-refractivity contribution < 1.29 is 22.3 Å². The lowest BCUT2D eigenvalue weighted by Gasteiger charge is -2.33. The van der Waals surface area contributed by atoms with Gasteiger partial charge >= 0.3 is 6.01 Å². The van der Waals surface area contributed by atoms with Gasteiger partial charge in [0.1, 0.15) is 17.5 Å². The summed E-state index contributed by atoms with van der Waals surface area (Å²) in [5.41, 5.74) is 8.05. The maximum atomic E-state index is 16.0. The monoisotopic (exact) mass is 652 g/mol. The lowest BCUT2D eigenvalue weighted by molar-refractivity contribution is -0.0221. The molecule has 0 bridgehead atoms. The van der Waals surface area contributed by atoms with Gasteiger partial charge in [0, 0.05) is 55.0 Å². The maximum Gasteiger partial charge on any atom is 0.318 e. The first-order valence-electron chi connectivity index (χ1n) is 14.9. The summed E-state index contributed by atoms with van der Waals surface area (Å²) in [4.78, 5) is 16.9. The zero-order valence-electron chi connectivity index (χ0n) is 25.3. The molecule has 2 aromatic carbocycles. The second kappa shape index (κ2) is 13.2. The van der Waals surface area contributed by atoms with Crippen molar-refractivity contribution in [3.8, 4) is 17.1 Å². The largest absolute Gasteiger partial charge is 0.467 e. The number of halogens is 5. The topological polar surface area (TPSA) is 80.4 Å². The summed E-state index contributed by atoms with van der Waals surface area (Å²) in [5.74, 6) is -3.09. The van der Waals surface area contributed by atoms with Crippen molar-refractivity contribution in [2.45, 2.75) is 71.0 Å². The summed E-state index contributed by atoms with van der Waals surface area (Å²) in [6.07, 6.45) is 2.18. The summed E-state index contributed by atoms with van der Waals surface area (Å²) in [7, 11) is 1.37. The van der Waals surface area contributed by atoms with Crippen LogP contribution in [0.5, 0.6) is 6.01 Å². The molecule has 2 aromatic heterocycles. The Morgan fingerprint density at radius 2 is 1.82 bits per heavy atom. The van der Waals surface area contributed by atoms with Gasteiger partial charge in [-0.1, -0.05) is 48.9 Å². The molecule has 2 atom stereocenters. The molecule has 0 radical (unpaired) electrons. The molecule has 3 saturated heterocycles. The molecule has 44 heavy (non-hydrogen) atoms. The van der Waals surface area contributed by atoms with E-state index in [0.717, 1.165) is 23.2 Å². The SMILES string of the molecule is CC.COc1nc(N2CCC(F)(F)CC2)c2cc(Cl)c(-c3ccc(C)c4sc(N)nc34)c(F)c2n1.FC1CC2CCCN2C1. The van der Waals surface area contributed by atoms with Crippen LogP contribution in [0.15, 0.2) is 18.2 Å². The highest BCUT2D eigenvalue weighted by molar-refractivity contribution is 7.22. The Morgan fingerprint density at radius 3 is 2.50 bits per heavy atom. The van der Waals surface area contributed by atoms with Crippen LogP contribution < -0.4 is 15.4 Å². The number of thiazole rings is 1. The number of nitrogen functional groups attached to an aromatic ring is 1. The third kappa shape index (κ3) is 6.39. The third-order valence-corrected chi connectivity index (χ3v) is 9.62. The minimum atomic E-state index is -2.73.